The number of nitrogens with one attached hydrogen (secondary N) is 1. The summed E-state index contributed by atoms with van der Waals surface area (Å²) >= 11 is 0. The molecule has 22 heavy (non-hydrogen) atoms. The first-order valence-corrected chi connectivity index (χ1v) is 6.76. The molecule has 116 valence electrons. The molecule has 2 aromatic rings. The molecule has 0 saturated carbocycles. The summed E-state index contributed by atoms with van der Waals surface area (Å²) in [6, 6.07) is 8.51. The number of carboxylic acids is 1. The molecule has 2 N–H and O–H groups in total. The second-order valence-corrected chi connectivity index (χ2v) is 4.74. The van der Waals surface area contributed by atoms with E-state index in [2.05, 4.69) is 10.4 Å². The van der Waals surface area contributed by atoms with Crippen molar-refractivity contribution in [2.75, 3.05) is 6.61 Å². The molecular weight excluding hydrogens is 286 g/mol. The number of amides is 1. The van der Waals surface area contributed by atoms with E-state index in [9.17, 15) is 9.59 Å². The molecule has 1 unspecified atom stereocenters. The number of carboxylic acid groups (broad SMARTS) is 1. The Morgan fingerprint density at radius 3 is 2.68 bits per heavy atom. The molecule has 7 heteroatoms. The number of aromatic nitrogens is 2. The van der Waals surface area contributed by atoms with Gasteiger partial charge in [-0.1, -0.05) is 12.1 Å². The third-order valence-corrected chi connectivity index (χ3v) is 2.98. The molecule has 1 aromatic carbocycles. The average Bonchev–Trinajstić information content (AvgIpc) is 2.98. The van der Waals surface area contributed by atoms with Crippen LogP contribution in [0.1, 0.15) is 18.5 Å². The number of carbonyl (C=O) groups excluding carboxylic acids is 1. The zero-order valence-electron chi connectivity index (χ0n) is 12.1. The van der Waals surface area contributed by atoms with Crippen LogP contribution >= 0.6 is 0 Å². The highest BCUT2D eigenvalue weighted by atomic mass is 16.5. The maximum absolute atomic E-state index is 11.9. The van der Waals surface area contributed by atoms with Crippen molar-refractivity contribution in [1.29, 1.82) is 0 Å². The molecule has 1 heterocycles. The van der Waals surface area contributed by atoms with E-state index in [4.69, 9.17) is 9.84 Å². The smallest absolute Gasteiger partial charge is 0.341 e. The fraction of sp³-hybridized carbons (Fsp3) is 0.267. The van der Waals surface area contributed by atoms with Crippen LogP contribution in [0.2, 0.25) is 0 Å². The van der Waals surface area contributed by atoms with Gasteiger partial charge in [-0.3, -0.25) is 9.48 Å². The van der Waals surface area contributed by atoms with Crippen LogP contribution in [-0.2, 0) is 16.1 Å². The first-order chi connectivity index (χ1) is 10.5. The van der Waals surface area contributed by atoms with E-state index in [1.807, 2.05) is 6.92 Å². The summed E-state index contributed by atoms with van der Waals surface area (Å²) in [5.74, 6) is -0.688. The fourth-order valence-electron chi connectivity index (χ4n) is 1.91. The van der Waals surface area contributed by atoms with Crippen LogP contribution in [0.25, 0.3) is 0 Å². The van der Waals surface area contributed by atoms with Crippen molar-refractivity contribution in [3.8, 4) is 5.75 Å². The molecule has 0 spiro atoms. The summed E-state index contributed by atoms with van der Waals surface area (Å²) in [4.78, 5) is 22.3. The summed E-state index contributed by atoms with van der Waals surface area (Å²) in [7, 11) is 0. The van der Waals surface area contributed by atoms with Gasteiger partial charge in [0.05, 0.1) is 6.04 Å². The van der Waals surface area contributed by atoms with Crippen LogP contribution < -0.4 is 10.1 Å². The lowest BCUT2D eigenvalue weighted by atomic mass is 10.1. The molecule has 7 nitrogen and oxygen atoms in total. The topological polar surface area (TPSA) is 93.5 Å². The van der Waals surface area contributed by atoms with Gasteiger partial charge >= 0.3 is 5.97 Å². The van der Waals surface area contributed by atoms with Crippen molar-refractivity contribution in [3.63, 3.8) is 0 Å². The lowest BCUT2D eigenvalue weighted by molar-refractivity contribution is -0.139. The molecule has 1 aromatic heterocycles. The van der Waals surface area contributed by atoms with Crippen LogP contribution in [-0.4, -0.2) is 33.4 Å². The fourth-order valence-corrected chi connectivity index (χ4v) is 1.91. The van der Waals surface area contributed by atoms with E-state index >= 15 is 0 Å². The maximum Gasteiger partial charge on any atom is 0.341 e. The van der Waals surface area contributed by atoms with Crippen molar-refractivity contribution >= 4 is 11.9 Å². The number of hydrogen-bond donors (Lipinski definition) is 2. The summed E-state index contributed by atoms with van der Waals surface area (Å²) in [5, 5.41) is 15.4. The number of rotatable bonds is 7. The molecule has 2 rings (SSSR count). The first-order valence-electron chi connectivity index (χ1n) is 6.76. The van der Waals surface area contributed by atoms with Gasteiger partial charge in [-0.25, -0.2) is 4.79 Å². The van der Waals surface area contributed by atoms with Crippen LogP contribution in [0.15, 0.2) is 42.7 Å². The minimum atomic E-state index is -1.02. The third-order valence-electron chi connectivity index (χ3n) is 2.98. The molecule has 0 aliphatic rings. The monoisotopic (exact) mass is 303 g/mol. The minimum Gasteiger partial charge on any atom is -0.482 e. The van der Waals surface area contributed by atoms with Gasteiger partial charge in [0, 0.05) is 12.4 Å². The average molecular weight is 303 g/mol. The SMILES string of the molecule is CC(NC(=O)Cn1cccn1)c1ccc(OCC(=O)O)cc1. The van der Waals surface area contributed by atoms with Gasteiger partial charge in [0.2, 0.25) is 5.91 Å². The van der Waals surface area contributed by atoms with Gasteiger partial charge in [0.25, 0.3) is 0 Å². The summed E-state index contributed by atoms with van der Waals surface area (Å²) in [5.41, 5.74) is 0.900. The Balaban J connectivity index is 1.87. The Hall–Kier alpha value is -2.83. The van der Waals surface area contributed by atoms with E-state index in [0.29, 0.717) is 5.75 Å². The Bertz CT molecular complexity index is 623. The molecule has 1 atom stereocenters. The molecule has 0 bridgehead atoms. The molecule has 0 aliphatic heterocycles. The van der Waals surface area contributed by atoms with Crippen LogP contribution in [0.5, 0.6) is 5.75 Å². The number of aliphatic carboxylic acids is 1. The molecule has 0 fully saturated rings. The second-order valence-electron chi connectivity index (χ2n) is 4.74. The van der Waals surface area contributed by atoms with Gasteiger partial charge in [0.15, 0.2) is 6.61 Å². The lowest BCUT2D eigenvalue weighted by Crippen LogP contribution is -2.30. The Morgan fingerprint density at radius 2 is 2.09 bits per heavy atom. The Labute approximate surface area is 127 Å². The molecule has 0 aliphatic carbocycles. The quantitative estimate of drug-likeness (QED) is 0.802. The number of ether oxygens (including phenoxy) is 1. The summed E-state index contributed by atoms with van der Waals surface area (Å²) < 4.78 is 6.60. The van der Waals surface area contributed by atoms with E-state index in [1.165, 1.54) is 0 Å². The number of benzene rings is 1. The zero-order valence-corrected chi connectivity index (χ0v) is 12.1. The van der Waals surface area contributed by atoms with Crippen LogP contribution in [0, 0.1) is 0 Å². The number of carbonyl (C=O) groups is 2. The van der Waals surface area contributed by atoms with Gasteiger partial charge < -0.3 is 15.2 Å². The van der Waals surface area contributed by atoms with Crippen LogP contribution in [0.4, 0.5) is 0 Å². The maximum atomic E-state index is 11.9. The van der Waals surface area contributed by atoms with Gasteiger partial charge in [-0.2, -0.15) is 5.10 Å². The van der Waals surface area contributed by atoms with Crippen molar-refractivity contribution in [3.05, 3.63) is 48.3 Å². The van der Waals surface area contributed by atoms with E-state index in [0.717, 1.165) is 5.56 Å². The lowest BCUT2D eigenvalue weighted by Gasteiger charge is -2.15. The Kier molecular flexibility index (Phi) is 5.13. The highest BCUT2D eigenvalue weighted by Crippen LogP contribution is 2.17. The third kappa shape index (κ3) is 4.62. The van der Waals surface area contributed by atoms with E-state index < -0.39 is 5.97 Å². The van der Waals surface area contributed by atoms with Crippen molar-refractivity contribution in [1.82, 2.24) is 15.1 Å². The molecule has 1 amide bonds. The molecule has 0 radical (unpaired) electrons. The van der Waals surface area contributed by atoms with Gasteiger partial charge in [-0.05, 0) is 30.7 Å². The Morgan fingerprint density at radius 1 is 1.36 bits per heavy atom. The van der Waals surface area contributed by atoms with Crippen molar-refractivity contribution in [2.24, 2.45) is 0 Å². The van der Waals surface area contributed by atoms with E-state index in [-0.39, 0.29) is 25.1 Å². The van der Waals surface area contributed by atoms with Crippen molar-refractivity contribution in [2.45, 2.75) is 19.5 Å². The highest BCUT2D eigenvalue weighted by molar-refractivity contribution is 5.76. The predicted octanol–water partition coefficient (Wildman–Crippen LogP) is 1.22. The van der Waals surface area contributed by atoms with Gasteiger partial charge in [-0.15, -0.1) is 0 Å². The molecular formula is C15H17N3O4. The zero-order chi connectivity index (χ0) is 15.9. The van der Waals surface area contributed by atoms with Crippen molar-refractivity contribution < 1.29 is 19.4 Å². The second kappa shape index (κ2) is 7.26. The normalized spacial score (nSPS) is 11.7. The largest absolute Gasteiger partial charge is 0.482 e. The predicted molar refractivity (Wildman–Crippen MR) is 78.4 cm³/mol. The van der Waals surface area contributed by atoms with Crippen LogP contribution in [0.3, 0.4) is 0 Å². The van der Waals surface area contributed by atoms with E-state index in [1.54, 1.807) is 47.4 Å². The number of hydrogen-bond acceptors (Lipinski definition) is 4. The minimum absolute atomic E-state index is 0.137. The number of nitrogens with zero attached hydrogens (tertiary/aromatic N) is 2. The molecule has 0 saturated heterocycles. The standard InChI is InChI=1S/C15H17N3O4/c1-11(17-14(19)9-18-8-2-7-16-18)12-3-5-13(6-4-12)22-10-15(20)21/h2-8,11H,9-10H2,1H3,(H,17,19)(H,20,21). The first kappa shape index (κ1) is 15.6. The highest BCUT2D eigenvalue weighted by Gasteiger charge is 2.10. The summed E-state index contributed by atoms with van der Waals surface area (Å²) in [6.45, 7) is 1.65. The van der Waals surface area contributed by atoms with Gasteiger partial charge in [0.1, 0.15) is 12.3 Å². The summed E-state index contributed by atoms with van der Waals surface area (Å²) in [6.07, 6.45) is 3.34.